The molecule has 0 amide bonds. The minimum absolute atomic E-state index is 0.0367. The Balaban J connectivity index is 2.12. The number of carbonyl (C=O) groups is 1. The predicted molar refractivity (Wildman–Crippen MR) is 81.8 cm³/mol. The van der Waals surface area contributed by atoms with Crippen molar-refractivity contribution in [2.75, 3.05) is 12.9 Å². The normalized spacial score (nSPS) is 21.2. The zero-order valence-corrected chi connectivity index (χ0v) is 13.1. The van der Waals surface area contributed by atoms with Crippen molar-refractivity contribution in [3.63, 3.8) is 0 Å². The molecule has 104 valence electrons. The lowest BCUT2D eigenvalue weighted by Gasteiger charge is -2.28. The molecule has 1 aliphatic rings. The van der Waals surface area contributed by atoms with E-state index in [4.69, 9.17) is 17.0 Å². The summed E-state index contributed by atoms with van der Waals surface area (Å²) in [4.78, 5) is 20.6. The highest BCUT2D eigenvalue weighted by Crippen LogP contribution is 2.46. The van der Waals surface area contributed by atoms with Gasteiger partial charge in [0.15, 0.2) is 3.95 Å². The van der Waals surface area contributed by atoms with Crippen molar-refractivity contribution in [2.45, 2.75) is 10.9 Å². The van der Waals surface area contributed by atoms with E-state index in [1.54, 1.807) is 18.0 Å². The number of carbonyl (C=O) groups excluding carboxylic acids is 1. The maximum atomic E-state index is 12.1. The van der Waals surface area contributed by atoms with Crippen LogP contribution >= 0.6 is 35.3 Å². The summed E-state index contributed by atoms with van der Waals surface area (Å²) in [5, 5.41) is 1.06. The van der Waals surface area contributed by atoms with Crippen molar-refractivity contribution in [1.29, 1.82) is 0 Å². The molecule has 0 saturated heterocycles. The van der Waals surface area contributed by atoms with Gasteiger partial charge in [0.25, 0.3) is 0 Å². The van der Waals surface area contributed by atoms with Gasteiger partial charge in [-0.05, 0) is 23.8 Å². The van der Waals surface area contributed by atoms with Crippen molar-refractivity contribution in [1.82, 2.24) is 9.97 Å². The van der Waals surface area contributed by atoms with Crippen LogP contribution in [0.2, 0.25) is 0 Å². The predicted octanol–water partition coefficient (Wildman–Crippen LogP) is 3.23. The number of nitrogens with zero attached hydrogens (tertiary/aromatic N) is 1. The molecule has 0 bridgehead atoms. The molecule has 2 aromatic heterocycles. The lowest BCUT2D eigenvalue weighted by Crippen LogP contribution is -2.29. The molecule has 3 rings (SSSR count). The summed E-state index contributed by atoms with van der Waals surface area (Å²) < 4.78 is 5.70. The van der Waals surface area contributed by atoms with Crippen LogP contribution in [0.3, 0.4) is 0 Å². The molecular weight excluding hydrogens is 312 g/mol. The molecule has 1 aliphatic heterocycles. The summed E-state index contributed by atoms with van der Waals surface area (Å²) in [7, 11) is 1.43. The fourth-order valence-electron chi connectivity index (χ4n) is 2.39. The minimum atomic E-state index is -0.205. The Morgan fingerprint density at radius 2 is 2.45 bits per heavy atom. The number of methoxy groups -OCH3 is 1. The SMILES string of the molecule is COC(=O)C1CSc2[nH]c(=S)sc2C1c1cccnc1. The van der Waals surface area contributed by atoms with Gasteiger partial charge in [-0.1, -0.05) is 6.07 Å². The lowest BCUT2D eigenvalue weighted by atomic mass is 9.86. The Labute approximate surface area is 129 Å². The van der Waals surface area contributed by atoms with Crippen LogP contribution in [0, 0.1) is 9.87 Å². The van der Waals surface area contributed by atoms with Crippen molar-refractivity contribution < 1.29 is 9.53 Å². The number of hydrogen-bond donors (Lipinski definition) is 1. The molecule has 1 N–H and O–H groups in total. The summed E-state index contributed by atoms with van der Waals surface area (Å²) in [5.74, 6) is 0.256. The number of fused-ring (bicyclic) bond motifs is 1. The van der Waals surface area contributed by atoms with E-state index >= 15 is 0 Å². The van der Waals surface area contributed by atoms with Gasteiger partial charge in [-0.25, -0.2) is 0 Å². The molecule has 2 unspecified atom stereocenters. The first-order valence-corrected chi connectivity index (χ1v) is 8.25. The molecule has 3 heterocycles. The lowest BCUT2D eigenvalue weighted by molar-refractivity contribution is -0.145. The molecule has 2 aromatic rings. The van der Waals surface area contributed by atoms with Gasteiger partial charge in [0.1, 0.15) is 0 Å². The average molecular weight is 324 g/mol. The minimum Gasteiger partial charge on any atom is -0.469 e. The van der Waals surface area contributed by atoms with E-state index in [-0.39, 0.29) is 17.8 Å². The number of rotatable bonds is 2. The van der Waals surface area contributed by atoms with E-state index in [1.807, 2.05) is 18.3 Å². The van der Waals surface area contributed by atoms with Gasteiger partial charge in [0, 0.05) is 28.9 Å². The van der Waals surface area contributed by atoms with Gasteiger partial charge in [-0.2, -0.15) is 0 Å². The molecule has 4 nitrogen and oxygen atoms in total. The maximum Gasteiger partial charge on any atom is 0.310 e. The second-order valence-corrected chi connectivity index (χ2v) is 7.16. The second-order valence-electron chi connectivity index (χ2n) is 4.41. The van der Waals surface area contributed by atoms with Gasteiger partial charge >= 0.3 is 5.97 Å². The number of aromatic nitrogens is 2. The number of thioether (sulfide) groups is 1. The smallest absolute Gasteiger partial charge is 0.310 e. The van der Waals surface area contributed by atoms with Crippen molar-refractivity contribution in [3.8, 4) is 0 Å². The number of hydrogen-bond acceptors (Lipinski definition) is 6. The molecule has 0 aromatic carbocycles. The molecule has 2 atom stereocenters. The van der Waals surface area contributed by atoms with E-state index in [0.29, 0.717) is 5.75 Å². The number of ether oxygens (including phenoxy) is 1. The summed E-state index contributed by atoms with van der Waals surface area (Å²) in [6, 6.07) is 3.88. The molecule has 0 spiro atoms. The summed E-state index contributed by atoms with van der Waals surface area (Å²) >= 11 is 8.39. The number of H-pyrrole nitrogens is 1. The fourth-order valence-corrected chi connectivity index (χ4v) is 5.23. The van der Waals surface area contributed by atoms with Crippen molar-refractivity contribution in [3.05, 3.63) is 38.9 Å². The van der Waals surface area contributed by atoms with Crippen LogP contribution in [0.15, 0.2) is 29.6 Å². The largest absolute Gasteiger partial charge is 0.469 e. The van der Waals surface area contributed by atoms with Gasteiger partial charge in [-0.3, -0.25) is 9.78 Å². The zero-order valence-electron chi connectivity index (χ0n) is 10.7. The first kappa shape index (κ1) is 13.8. The standard InChI is InChI=1S/C13H12N2O2S3/c1-17-12(16)8-6-19-11-10(20-13(18)15-11)9(8)7-3-2-4-14-5-7/h2-5,8-9H,6H2,1H3,(H,15,18). The maximum absolute atomic E-state index is 12.1. The van der Waals surface area contributed by atoms with E-state index in [9.17, 15) is 4.79 Å². The van der Waals surface area contributed by atoms with Gasteiger partial charge < -0.3 is 9.72 Å². The third-order valence-corrected chi connectivity index (χ3v) is 5.86. The Morgan fingerprint density at radius 3 is 3.15 bits per heavy atom. The third-order valence-electron chi connectivity index (χ3n) is 3.28. The van der Waals surface area contributed by atoms with Crippen molar-refractivity contribution in [2.24, 2.45) is 5.92 Å². The first-order valence-electron chi connectivity index (χ1n) is 6.04. The number of aromatic amines is 1. The number of thiazole rings is 1. The fraction of sp³-hybridized carbons (Fsp3) is 0.308. The van der Waals surface area contributed by atoms with Gasteiger partial charge in [0.2, 0.25) is 0 Å². The summed E-state index contributed by atoms with van der Waals surface area (Å²) in [5.41, 5.74) is 1.02. The van der Waals surface area contributed by atoms with Crippen LogP contribution in [-0.4, -0.2) is 28.8 Å². The average Bonchev–Trinajstić information content (AvgIpc) is 2.86. The molecule has 7 heteroatoms. The van der Waals surface area contributed by atoms with Gasteiger partial charge in [-0.15, -0.1) is 23.1 Å². The van der Waals surface area contributed by atoms with Crippen LogP contribution in [0.1, 0.15) is 16.4 Å². The van der Waals surface area contributed by atoms with Crippen LogP contribution in [0.25, 0.3) is 0 Å². The van der Waals surface area contributed by atoms with Gasteiger partial charge in [0.05, 0.1) is 18.1 Å². The van der Waals surface area contributed by atoms with E-state index in [1.165, 1.54) is 18.4 Å². The Bertz CT molecular complexity index is 680. The number of pyridine rings is 1. The highest BCUT2D eigenvalue weighted by Gasteiger charge is 2.38. The highest BCUT2D eigenvalue weighted by atomic mass is 32.2. The van der Waals surface area contributed by atoms with E-state index in [0.717, 1.165) is 19.4 Å². The third kappa shape index (κ3) is 2.41. The topological polar surface area (TPSA) is 55.0 Å². The Hall–Kier alpha value is -1.18. The molecule has 0 radical (unpaired) electrons. The van der Waals surface area contributed by atoms with Crippen LogP contribution < -0.4 is 0 Å². The zero-order chi connectivity index (χ0) is 14.1. The number of esters is 1. The molecule has 0 fully saturated rings. The quantitative estimate of drug-likeness (QED) is 0.679. The van der Waals surface area contributed by atoms with E-state index in [2.05, 4.69) is 9.97 Å². The Kier molecular flexibility index (Phi) is 3.91. The molecule has 20 heavy (non-hydrogen) atoms. The van der Waals surface area contributed by atoms with Crippen LogP contribution in [0.4, 0.5) is 0 Å². The summed E-state index contributed by atoms with van der Waals surface area (Å²) in [6.45, 7) is 0. The molecular formula is C13H12N2O2S3. The second kappa shape index (κ2) is 5.67. The monoisotopic (exact) mass is 324 g/mol. The number of nitrogens with one attached hydrogen (secondary N) is 1. The van der Waals surface area contributed by atoms with E-state index < -0.39 is 0 Å². The first-order chi connectivity index (χ1) is 9.70. The van der Waals surface area contributed by atoms with Crippen LogP contribution in [0.5, 0.6) is 0 Å². The highest BCUT2D eigenvalue weighted by molar-refractivity contribution is 7.99. The summed E-state index contributed by atoms with van der Waals surface area (Å²) in [6.07, 6.45) is 3.54. The van der Waals surface area contributed by atoms with Crippen molar-refractivity contribution >= 4 is 41.3 Å². The molecule has 0 saturated carbocycles. The van der Waals surface area contributed by atoms with Crippen LogP contribution in [-0.2, 0) is 9.53 Å². The Morgan fingerprint density at radius 1 is 1.60 bits per heavy atom. The molecule has 0 aliphatic carbocycles.